The molecule has 0 spiro atoms. The summed E-state index contributed by atoms with van der Waals surface area (Å²) in [6.45, 7) is 1.94. The van der Waals surface area contributed by atoms with Gasteiger partial charge in [-0.3, -0.25) is 9.78 Å². The zero-order chi connectivity index (χ0) is 14.7. The molecule has 0 atom stereocenters. The summed E-state index contributed by atoms with van der Waals surface area (Å²) >= 11 is 3.36. The molecule has 20 heavy (non-hydrogen) atoms. The van der Waals surface area contributed by atoms with Gasteiger partial charge >= 0.3 is 5.97 Å². The van der Waals surface area contributed by atoms with Gasteiger partial charge in [-0.2, -0.15) is 0 Å². The third-order valence-corrected chi connectivity index (χ3v) is 3.28. The van der Waals surface area contributed by atoms with E-state index in [1.54, 1.807) is 6.07 Å². The average Bonchev–Trinajstić information content (AvgIpc) is 2.42. The van der Waals surface area contributed by atoms with Crippen LogP contribution >= 0.6 is 15.9 Å². The lowest BCUT2D eigenvalue weighted by atomic mass is 10.2. The molecule has 1 aromatic heterocycles. The van der Waals surface area contributed by atoms with Gasteiger partial charge in [0.25, 0.3) is 5.91 Å². The molecule has 1 aromatic carbocycles. The number of aromatic nitrogens is 1. The molecule has 6 heteroatoms. The van der Waals surface area contributed by atoms with Crippen molar-refractivity contribution in [1.82, 2.24) is 4.98 Å². The number of carbonyl (C=O) groups is 2. The van der Waals surface area contributed by atoms with Crippen LogP contribution in [0.5, 0.6) is 0 Å². The Labute approximate surface area is 123 Å². The summed E-state index contributed by atoms with van der Waals surface area (Å²) in [6, 6.07) is 6.80. The van der Waals surface area contributed by atoms with Gasteiger partial charge in [-0.15, -0.1) is 0 Å². The van der Waals surface area contributed by atoms with Gasteiger partial charge in [0, 0.05) is 16.9 Å². The summed E-state index contributed by atoms with van der Waals surface area (Å²) in [5.74, 6) is -1.53. The molecule has 2 aromatic rings. The Morgan fingerprint density at radius 3 is 2.55 bits per heavy atom. The van der Waals surface area contributed by atoms with Gasteiger partial charge in [0.2, 0.25) is 0 Å². The van der Waals surface area contributed by atoms with E-state index in [2.05, 4.69) is 26.2 Å². The van der Waals surface area contributed by atoms with Crippen molar-refractivity contribution in [3.8, 4) is 0 Å². The predicted octanol–water partition coefficient (Wildman–Crippen LogP) is 3.10. The Morgan fingerprint density at radius 1 is 1.20 bits per heavy atom. The molecule has 2 rings (SSSR count). The van der Waals surface area contributed by atoms with Crippen molar-refractivity contribution in [3.05, 3.63) is 57.8 Å². The Balaban J connectivity index is 2.24. The fraction of sp³-hybridized carbons (Fsp3) is 0.0714. The summed E-state index contributed by atoms with van der Waals surface area (Å²) in [6.07, 6.45) is 2.52. The lowest BCUT2D eigenvalue weighted by Gasteiger charge is -2.08. The van der Waals surface area contributed by atoms with Crippen LogP contribution in [0, 0.1) is 6.92 Å². The van der Waals surface area contributed by atoms with Crippen LogP contribution in [0.4, 0.5) is 5.69 Å². The normalized spacial score (nSPS) is 10.1. The largest absolute Gasteiger partial charge is 0.478 e. The van der Waals surface area contributed by atoms with E-state index in [-0.39, 0.29) is 11.1 Å². The summed E-state index contributed by atoms with van der Waals surface area (Å²) in [7, 11) is 0. The second-order valence-corrected chi connectivity index (χ2v) is 5.06. The van der Waals surface area contributed by atoms with Crippen LogP contribution in [-0.2, 0) is 0 Å². The molecule has 5 nitrogen and oxygen atoms in total. The number of hydrogen-bond donors (Lipinski definition) is 2. The molecule has 1 amide bonds. The fourth-order valence-electron chi connectivity index (χ4n) is 1.60. The summed E-state index contributed by atoms with van der Waals surface area (Å²) in [5.41, 5.74) is 1.84. The molecule has 1 heterocycles. The number of halogens is 1. The van der Waals surface area contributed by atoms with Gasteiger partial charge in [-0.05, 0) is 46.6 Å². The summed E-state index contributed by atoms with van der Waals surface area (Å²) in [5, 5.41) is 11.6. The van der Waals surface area contributed by atoms with Crippen LogP contribution in [0.3, 0.4) is 0 Å². The molecule has 0 aliphatic rings. The minimum atomic E-state index is -1.12. The minimum Gasteiger partial charge on any atom is -0.478 e. The van der Waals surface area contributed by atoms with Crippen LogP contribution < -0.4 is 5.32 Å². The van der Waals surface area contributed by atoms with Crippen molar-refractivity contribution in [2.75, 3.05) is 5.32 Å². The van der Waals surface area contributed by atoms with Crippen molar-refractivity contribution in [2.45, 2.75) is 6.92 Å². The summed E-state index contributed by atoms with van der Waals surface area (Å²) < 4.78 is 0.758. The Morgan fingerprint density at radius 2 is 1.90 bits per heavy atom. The molecule has 0 saturated heterocycles. The van der Waals surface area contributed by atoms with Gasteiger partial charge in [-0.25, -0.2) is 4.79 Å². The number of amides is 1. The zero-order valence-electron chi connectivity index (χ0n) is 10.6. The quantitative estimate of drug-likeness (QED) is 0.903. The van der Waals surface area contributed by atoms with E-state index in [4.69, 9.17) is 5.11 Å². The number of benzene rings is 1. The van der Waals surface area contributed by atoms with Crippen molar-refractivity contribution in [2.24, 2.45) is 0 Å². The van der Waals surface area contributed by atoms with Gasteiger partial charge in [-0.1, -0.05) is 6.07 Å². The standard InChI is InChI=1S/C14H11BrN2O3/c1-8-2-3-12(11(15)4-8)17-13(18)9-5-10(14(19)20)7-16-6-9/h2-7H,1H3,(H,17,18)(H,19,20). The first-order valence-electron chi connectivity index (χ1n) is 5.73. The van der Waals surface area contributed by atoms with E-state index in [1.807, 2.05) is 19.1 Å². The molecule has 102 valence electrons. The Kier molecular flexibility index (Phi) is 4.14. The van der Waals surface area contributed by atoms with E-state index in [1.165, 1.54) is 18.5 Å². The van der Waals surface area contributed by atoms with Crippen LogP contribution in [0.2, 0.25) is 0 Å². The first kappa shape index (κ1) is 14.2. The molecule has 2 N–H and O–H groups in total. The molecule has 0 aliphatic carbocycles. The molecular weight excluding hydrogens is 324 g/mol. The predicted molar refractivity (Wildman–Crippen MR) is 78.0 cm³/mol. The maximum absolute atomic E-state index is 12.1. The maximum atomic E-state index is 12.1. The second kappa shape index (κ2) is 5.83. The van der Waals surface area contributed by atoms with E-state index in [0.29, 0.717) is 5.69 Å². The number of hydrogen-bond acceptors (Lipinski definition) is 3. The van der Waals surface area contributed by atoms with Crippen LogP contribution in [0.15, 0.2) is 41.1 Å². The Hall–Kier alpha value is -2.21. The average molecular weight is 335 g/mol. The number of pyridine rings is 1. The highest BCUT2D eigenvalue weighted by Gasteiger charge is 2.11. The van der Waals surface area contributed by atoms with Crippen LogP contribution in [0.25, 0.3) is 0 Å². The number of nitrogens with one attached hydrogen (secondary N) is 1. The fourth-order valence-corrected chi connectivity index (χ4v) is 2.19. The highest BCUT2D eigenvalue weighted by Crippen LogP contribution is 2.23. The van der Waals surface area contributed by atoms with Crippen molar-refractivity contribution < 1.29 is 14.7 Å². The van der Waals surface area contributed by atoms with E-state index in [9.17, 15) is 9.59 Å². The van der Waals surface area contributed by atoms with Crippen molar-refractivity contribution in [3.63, 3.8) is 0 Å². The maximum Gasteiger partial charge on any atom is 0.337 e. The lowest BCUT2D eigenvalue weighted by molar-refractivity contribution is 0.0696. The number of carbonyl (C=O) groups excluding carboxylic acids is 1. The smallest absolute Gasteiger partial charge is 0.337 e. The number of carboxylic acid groups (broad SMARTS) is 1. The number of anilines is 1. The first-order valence-corrected chi connectivity index (χ1v) is 6.52. The second-order valence-electron chi connectivity index (χ2n) is 4.20. The van der Waals surface area contributed by atoms with Crippen molar-refractivity contribution >= 4 is 33.5 Å². The number of nitrogens with zero attached hydrogens (tertiary/aromatic N) is 1. The van der Waals surface area contributed by atoms with Gasteiger partial charge in [0.05, 0.1) is 16.8 Å². The topological polar surface area (TPSA) is 79.3 Å². The van der Waals surface area contributed by atoms with Crippen LogP contribution in [0.1, 0.15) is 26.3 Å². The third kappa shape index (κ3) is 3.21. The molecule has 0 fully saturated rings. The Bertz CT molecular complexity index is 686. The molecule has 0 saturated carbocycles. The first-order chi connectivity index (χ1) is 9.47. The van der Waals surface area contributed by atoms with E-state index < -0.39 is 11.9 Å². The number of carboxylic acids is 1. The van der Waals surface area contributed by atoms with Gasteiger partial charge < -0.3 is 10.4 Å². The molecule has 0 radical (unpaired) electrons. The molecule has 0 bridgehead atoms. The third-order valence-electron chi connectivity index (χ3n) is 2.62. The number of aryl methyl sites for hydroxylation is 1. The number of aromatic carboxylic acids is 1. The monoisotopic (exact) mass is 334 g/mol. The number of rotatable bonds is 3. The SMILES string of the molecule is Cc1ccc(NC(=O)c2cncc(C(=O)O)c2)c(Br)c1. The molecule has 0 unspecified atom stereocenters. The van der Waals surface area contributed by atoms with E-state index in [0.717, 1.165) is 10.0 Å². The van der Waals surface area contributed by atoms with Crippen LogP contribution in [-0.4, -0.2) is 22.0 Å². The van der Waals surface area contributed by atoms with E-state index >= 15 is 0 Å². The van der Waals surface area contributed by atoms with Crippen molar-refractivity contribution in [1.29, 1.82) is 0 Å². The highest BCUT2D eigenvalue weighted by atomic mass is 79.9. The lowest BCUT2D eigenvalue weighted by Crippen LogP contribution is -2.13. The molecule has 0 aliphatic heterocycles. The highest BCUT2D eigenvalue weighted by molar-refractivity contribution is 9.10. The minimum absolute atomic E-state index is 0.0272. The van der Waals surface area contributed by atoms with Gasteiger partial charge in [0.1, 0.15) is 0 Å². The summed E-state index contributed by atoms with van der Waals surface area (Å²) in [4.78, 5) is 26.7. The van der Waals surface area contributed by atoms with Gasteiger partial charge in [0.15, 0.2) is 0 Å². The molecular formula is C14H11BrN2O3. The zero-order valence-corrected chi connectivity index (χ0v) is 12.1.